The Kier molecular flexibility index (Phi) is 5.73. The largest absolute Gasteiger partial charge is 0.253 e. The first-order valence-corrected chi connectivity index (χ1v) is 9.83. The van der Waals surface area contributed by atoms with E-state index in [1.807, 2.05) is 12.1 Å². The predicted octanol–water partition coefficient (Wildman–Crippen LogP) is 4.02. The molecule has 0 N–H and O–H groups in total. The Morgan fingerprint density at radius 3 is 1.17 bits per heavy atom. The van der Waals surface area contributed by atoms with Gasteiger partial charge in [-0.15, -0.1) is 0 Å². The monoisotopic (exact) mass is 468 g/mol. The number of hydrogen-bond donors (Lipinski definition) is 0. The Labute approximate surface area is 202 Å². The first-order valence-electron chi connectivity index (χ1n) is 9.83. The van der Waals surface area contributed by atoms with Crippen LogP contribution in [-0.4, -0.2) is 9.97 Å². The summed E-state index contributed by atoms with van der Waals surface area (Å²) in [7, 11) is 0. The molecule has 0 aliphatic heterocycles. The lowest BCUT2D eigenvalue weighted by molar-refractivity contribution is 0.620. The number of rotatable bonds is 2. The van der Waals surface area contributed by atoms with E-state index in [1.165, 1.54) is 12.1 Å². The van der Waals surface area contributed by atoms with E-state index < -0.39 is 22.8 Å². The number of nitrogens with zero attached hydrogens (tertiary/aromatic N) is 8. The molecule has 4 rings (SSSR count). The molecule has 2 aromatic rings. The van der Waals surface area contributed by atoms with Crippen molar-refractivity contribution in [3.05, 3.63) is 104 Å². The van der Waals surface area contributed by atoms with Gasteiger partial charge in [-0.3, -0.25) is 9.97 Å². The van der Waals surface area contributed by atoms with E-state index in [2.05, 4.69) is 9.97 Å². The minimum absolute atomic E-state index is 0.0221. The van der Waals surface area contributed by atoms with Crippen molar-refractivity contribution in [1.82, 2.24) is 9.97 Å². The number of hydrogen-bond acceptors (Lipinski definition) is 8. The van der Waals surface area contributed by atoms with Crippen molar-refractivity contribution in [2.75, 3.05) is 0 Å². The fourth-order valence-corrected chi connectivity index (χ4v) is 4.06. The maximum atomic E-state index is 13.6. The van der Waals surface area contributed by atoms with Crippen LogP contribution in [0.2, 0.25) is 0 Å². The summed E-state index contributed by atoms with van der Waals surface area (Å²) in [5, 5.41) is 59.1. The SMILES string of the molecule is N#CC(C#N)=C1C2=C(C(C#N)=C1c1ccc(F)cn1)C(=C(C#N)C#N)C(c1ccc(F)cn1)=C2C#N. The van der Waals surface area contributed by atoms with Crippen molar-refractivity contribution < 1.29 is 8.78 Å². The predicted molar refractivity (Wildman–Crippen MR) is 117 cm³/mol. The van der Waals surface area contributed by atoms with Crippen LogP contribution in [0, 0.1) is 79.6 Å². The van der Waals surface area contributed by atoms with Crippen molar-refractivity contribution in [3.8, 4) is 36.4 Å². The van der Waals surface area contributed by atoms with Gasteiger partial charge in [-0.2, -0.15) is 31.6 Å². The van der Waals surface area contributed by atoms with E-state index in [0.717, 1.165) is 24.5 Å². The molecule has 0 spiro atoms. The number of allylic oxidation sites excluding steroid dienone is 10. The summed E-state index contributed by atoms with van der Waals surface area (Å²) in [5.41, 5.74) is -1.73. The molecule has 0 saturated carbocycles. The number of nitriles is 6. The van der Waals surface area contributed by atoms with Crippen LogP contribution in [0.1, 0.15) is 11.4 Å². The van der Waals surface area contributed by atoms with Gasteiger partial charge in [-0.1, -0.05) is 0 Å². The van der Waals surface area contributed by atoms with E-state index in [1.54, 1.807) is 24.3 Å². The minimum atomic E-state index is -0.679. The summed E-state index contributed by atoms with van der Waals surface area (Å²) in [4.78, 5) is 7.94. The molecule has 2 heterocycles. The average Bonchev–Trinajstić information content (AvgIpc) is 3.39. The van der Waals surface area contributed by atoms with Gasteiger partial charge in [-0.05, 0) is 24.3 Å². The molecule has 2 aliphatic carbocycles. The second-order valence-corrected chi connectivity index (χ2v) is 7.14. The van der Waals surface area contributed by atoms with Crippen molar-refractivity contribution in [3.63, 3.8) is 0 Å². The Hall–Kier alpha value is -6.20. The van der Waals surface area contributed by atoms with Gasteiger partial charge in [0, 0.05) is 33.4 Å². The molecule has 0 bridgehead atoms. The topological polar surface area (TPSA) is 169 Å². The lowest BCUT2D eigenvalue weighted by atomic mass is 9.87. The second kappa shape index (κ2) is 8.97. The fraction of sp³-hybridized carbons (Fsp3) is 0. The van der Waals surface area contributed by atoms with Crippen LogP contribution >= 0.6 is 0 Å². The summed E-state index contributed by atoms with van der Waals surface area (Å²) >= 11 is 0. The zero-order valence-corrected chi connectivity index (χ0v) is 17.8. The van der Waals surface area contributed by atoms with Crippen molar-refractivity contribution in [2.45, 2.75) is 0 Å². The average molecular weight is 468 g/mol. The molecule has 2 aliphatic rings. The summed E-state index contributed by atoms with van der Waals surface area (Å²) in [6, 6.07) is 15.4. The molecule has 2 aromatic heterocycles. The van der Waals surface area contributed by atoms with Crippen LogP contribution < -0.4 is 0 Å². The number of halogens is 2. The fourth-order valence-electron chi connectivity index (χ4n) is 4.06. The molecule has 0 fully saturated rings. The minimum Gasteiger partial charge on any atom is -0.253 e. The van der Waals surface area contributed by atoms with Crippen LogP contribution in [-0.2, 0) is 0 Å². The van der Waals surface area contributed by atoms with Crippen molar-refractivity contribution in [2.24, 2.45) is 0 Å². The van der Waals surface area contributed by atoms with Crippen molar-refractivity contribution in [1.29, 1.82) is 31.6 Å². The lowest BCUT2D eigenvalue weighted by Gasteiger charge is -2.13. The normalized spacial score (nSPS) is 13.8. The third-order valence-corrected chi connectivity index (χ3v) is 5.39. The summed E-state index contributed by atoms with van der Waals surface area (Å²) in [6.45, 7) is 0. The van der Waals surface area contributed by atoms with Gasteiger partial charge in [-0.25, -0.2) is 8.78 Å². The second-order valence-electron chi connectivity index (χ2n) is 7.14. The smallest absolute Gasteiger partial charge is 0.141 e. The van der Waals surface area contributed by atoms with Crippen LogP contribution in [0.4, 0.5) is 8.78 Å². The number of pyridine rings is 2. The van der Waals surface area contributed by atoms with E-state index >= 15 is 0 Å². The van der Waals surface area contributed by atoms with E-state index in [0.29, 0.717) is 0 Å². The Morgan fingerprint density at radius 2 is 0.917 bits per heavy atom. The Bertz CT molecular complexity index is 1610. The molecule has 0 saturated heterocycles. The number of aromatic nitrogens is 2. The van der Waals surface area contributed by atoms with Crippen LogP contribution in [0.15, 0.2) is 81.2 Å². The third-order valence-electron chi connectivity index (χ3n) is 5.39. The Balaban J connectivity index is 2.23. The highest BCUT2D eigenvalue weighted by Gasteiger charge is 2.44. The molecular formula is C26H6F2N8. The molecule has 10 heteroatoms. The van der Waals surface area contributed by atoms with Gasteiger partial charge in [0.25, 0.3) is 0 Å². The van der Waals surface area contributed by atoms with Crippen LogP contribution in [0.25, 0.3) is 11.1 Å². The summed E-state index contributed by atoms with van der Waals surface area (Å²) in [5.74, 6) is -1.36. The molecule has 0 aromatic carbocycles. The highest BCUT2D eigenvalue weighted by molar-refractivity contribution is 6.10. The molecule has 0 radical (unpaired) electrons. The van der Waals surface area contributed by atoms with E-state index in [4.69, 9.17) is 0 Å². The molecule has 8 nitrogen and oxygen atoms in total. The maximum Gasteiger partial charge on any atom is 0.141 e. The highest BCUT2D eigenvalue weighted by atomic mass is 19.1. The summed E-state index contributed by atoms with van der Waals surface area (Å²) < 4.78 is 27.2. The van der Waals surface area contributed by atoms with Gasteiger partial charge in [0.15, 0.2) is 0 Å². The van der Waals surface area contributed by atoms with Gasteiger partial charge in [0.05, 0.1) is 34.9 Å². The zero-order chi connectivity index (χ0) is 26.0. The molecule has 0 unspecified atom stereocenters. The van der Waals surface area contributed by atoms with Crippen molar-refractivity contribution >= 4 is 11.1 Å². The Morgan fingerprint density at radius 1 is 0.556 bits per heavy atom. The van der Waals surface area contributed by atoms with E-state index in [9.17, 15) is 40.4 Å². The zero-order valence-electron chi connectivity index (χ0n) is 17.8. The first kappa shape index (κ1) is 23.0. The van der Waals surface area contributed by atoms with Crippen LogP contribution in [0.3, 0.4) is 0 Å². The molecule has 36 heavy (non-hydrogen) atoms. The van der Waals surface area contributed by atoms with Crippen LogP contribution in [0.5, 0.6) is 0 Å². The first-order chi connectivity index (χ1) is 17.4. The summed E-state index contributed by atoms with van der Waals surface area (Å²) in [6.07, 6.45) is 1.75. The lowest BCUT2D eigenvalue weighted by Crippen LogP contribution is -2.03. The molecule has 0 amide bonds. The molecule has 0 atom stereocenters. The quantitative estimate of drug-likeness (QED) is 0.595. The van der Waals surface area contributed by atoms with Gasteiger partial charge in [0.1, 0.15) is 59.2 Å². The van der Waals surface area contributed by atoms with Gasteiger partial charge < -0.3 is 0 Å². The standard InChI is InChI=1S/C26H6F2N8/c27-15-1-3-19(35-11-15)23-17(9-33)25-22(14(7-31)8-32)24(20-4-2-16(28)12-36-20)18(10-34)26(25)21(23)13(5-29)6-30/h1-4,11-12H. The van der Waals surface area contributed by atoms with Gasteiger partial charge in [0.2, 0.25) is 0 Å². The highest BCUT2D eigenvalue weighted by Crippen LogP contribution is 2.56. The molecular weight excluding hydrogens is 462 g/mol. The molecule has 164 valence electrons. The maximum absolute atomic E-state index is 13.6. The third kappa shape index (κ3) is 3.30. The van der Waals surface area contributed by atoms with E-state index in [-0.39, 0.29) is 56.0 Å². The van der Waals surface area contributed by atoms with Gasteiger partial charge >= 0.3 is 0 Å².